The van der Waals surface area contributed by atoms with Crippen molar-refractivity contribution in [3.63, 3.8) is 0 Å². The lowest BCUT2D eigenvalue weighted by Gasteiger charge is -2.21. The molecule has 0 spiro atoms. The first kappa shape index (κ1) is 13.4. The minimum Gasteiger partial charge on any atom is -0.465 e. The molecule has 14 heavy (non-hydrogen) atoms. The first-order valence-corrected chi connectivity index (χ1v) is 5.23. The number of aliphatic hydroxyl groups is 1. The minimum absolute atomic E-state index is 0.0237. The largest absolute Gasteiger partial charge is 0.465 e. The zero-order valence-corrected chi connectivity index (χ0v) is 9.25. The van der Waals surface area contributed by atoms with Crippen LogP contribution < -0.4 is 5.32 Å². The third-order valence-electron chi connectivity index (χ3n) is 2.13. The van der Waals surface area contributed by atoms with Gasteiger partial charge in [0, 0.05) is 6.04 Å². The van der Waals surface area contributed by atoms with E-state index in [2.05, 4.69) is 5.32 Å². The van der Waals surface area contributed by atoms with Crippen molar-refractivity contribution in [3.8, 4) is 0 Å². The molecule has 0 heterocycles. The lowest BCUT2D eigenvalue weighted by molar-refractivity contribution is -0.146. The van der Waals surface area contributed by atoms with E-state index in [-0.39, 0.29) is 24.7 Å². The third-order valence-corrected chi connectivity index (χ3v) is 2.13. The fraction of sp³-hybridized carbons (Fsp3) is 0.900. The molecule has 4 heteroatoms. The molecule has 2 atom stereocenters. The quantitative estimate of drug-likeness (QED) is 0.598. The van der Waals surface area contributed by atoms with Gasteiger partial charge in [0.1, 0.15) is 6.04 Å². The van der Waals surface area contributed by atoms with Crippen LogP contribution in [0.3, 0.4) is 0 Å². The van der Waals surface area contributed by atoms with Crippen molar-refractivity contribution >= 4 is 5.97 Å². The van der Waals surface area contributed by atoms with E-state index in [1.807, 2.05) is 13.8 Å². The van der Waals surface area contributed by atoms with E-state index < -0.39 is 0 Å². The summed E-state index contributed by atoms with van der Waals surface area (Å²) in [6.45, 7) is 6.11. The smallest absolute Gasteiger partial charge is 0.323 e. The number of nitrogens with one attached hydrogen (secondary N) is 1. The topological polar surface area (TPSA) is 58.6 Å². The summed E-state index contributed by atoms with van der Waals surface area (Å²) in [6, 6.07) is -0.323. The Morgan fingerprint density at radius 3 is 2.36 bits per heavy atom. The SMILES string of the molecule is CCOC(=O)C(CC)NC(CC)CO. The fourth-order valence-electron chi connectivity index (χ4n) is 1.18. The van der Waals surface area contributed by atoms with Crippen LogP contribution in [0.15, 0.2) is 0 Å². The van der Waals surface area contributed by atoms with Crippen LogP contribution in [0.5, 0.6) is 0 Å². The van der Waals surface area contributed by atoms with Gasteiger partial charge in [0.25, 0.3) is 0 Å². The summed E-state index contributed by atoms with van der Waals surface area (Å²) in [7, 11) is 0. The molecule has 0 amide bonds. The number of carbonyl (C=O) groups is 1. The molecule has 0 radical (unpaired) electrons. The molecule has 0 aliphatic heterocycles. The van der Waals surface area contributed by atoms with E-state index in [0.29, 0.717) is 13.0 Å². The van der Waals surface area contributed by atoms with Gasteiger partial charge in [-0.3, -0.25) is 10.1 Å². The Kier molecular flexibility index (Phi) is 7.42. The van der Waals surface area contributed by atoms with Crippen molar-refractivity contribution in [3.05, 3.63) is 0 Å². The van der Waals surface area contributed by atoms with E-state index in [0.717, 1.165) is 6.42 Å². The predicted molar refractivity (Wildman–Crippen MR) is 55.0 cm³/mol. The lowest BCUT2D eigenvalue weighted by atomic mass is 10.1. The second-order valence-electron chi connectivity index (χ2n) is 3.17. The molecule has 2 N–H and O–H groups in total. The summed E-state index contributed by atoms with van der Waals surface area (Å²) in [5, 5.41) is 12.0. The molecule has 4 nitrogen and oxygen atoms in total. The highest BCUT2D eigenvalue weighted by Gasteiger charge is 2.19. The zero-order chi connectivity index (χ0) is 11.0. The maximum absolute atomic E-state index is 11.4. The van der Waals surface area contributed by atoms with Crippen molar-refractivity contribution in [2.75, 3.05) is 13.2 Å². The maximum Gasteiger partial charge on any atom is 0.323 e. The number of hydrogen-bond acceptors (Lipinski definition) is 4. The Balaban J connectivity index is 4.05. The number of rotatable bonds is 7. The Morgan fingerprint density at radius 2 is 2.00 bits per heavy atom. The van der Waals surface area contributed by atoms with Gasteiger partial charge in [-0.1, -0.05) is 13.8 Å². The number of carbonyl (C=O) groups excluding carboxylic acids is 1. The summed E-state index contributed by atoms with van der Waals surface area (Å²) in [5.41, 5.74) is 0. The zero-order valence-electron chi connectivity index (χ0n) is 9.25. The highest BCUT2D eigenvalue weighted by Crippen LogP contribution is 1.99. The summed E-state index contributed by atoms with van der Waals surface area (Å²) < 4.78 is 4.90. The highest BCUT2D eigenvalue weighted by molar-refractivity contribution is 5.75. The van der Waals surface area contributed by atoms with Crippen molar-refractivity contribution in [1.82, 2.24) is 5.32 Å². The molecule has 0 aliphatic rings. The third kappa shape index (κ3) is 4.58. The average molecular weight is 203 g/mol. The van der Waals surface area contributed by atoms with Gasteiger partial charge in [-0.2, -0.15) is 0 Å². The van der Waals surface area contributed by atoms with Gasteiger partial charge in [0.15, 0.2) is 0 Å². The van der Waals surface area contributed by atoms with Crippen LogP contribution in [0.2, 0.25) is 0 Å². The van der Waals surface area contributed by atoms with Crippen LogP contribution in [0.25, 0.3) is 0 Å². The normalized spacial score (nSPS) is 14.9. The minimum atomic E-state index is -0.299. The van der Waals surface area contributed by atoms with E-state index in [1.54, 1.807) is 6.92 Å². The molecule has 0 saturated carbocycles. The van der Waals surface area contributed by atoms with Crippen LogP contribution in [0.1, 0.15) is 33.6 Å². The van der Waals surface area contributed by atoms with Crippen LogP contribution >= 0.6 is 0 Å². The molecule has 0 aliphatic carbocycles. The molecular formula is C10H21NO3. The predicted octanol–water partition coefficient (Wildman–Crippen LogP) is 0.689. The van der Waals surface area contributed by atoms with Gasteiger partial charge in [-0.15, -0.1) is 0 Å². The molecule has 0 saturated heterocycles. The Morgan fingerprint density at radius 1 is 1.36 bits per heavy atom. The van der Waals surface area contributed by atoms with Gasteiger partial charge in [0.05, 0.1) is 13.2 Å². The Labute approximate surface area is 85.6 Å². The molecule has 2 unspecified atom stereocenters. The second kappa shape index (κ2) is 7.76. The van der Waals surface area contributed by atoms with Gasteiger partial charge < -0.3 is 9.84 Å². The molecule has 0 aromatic carbocycles. The summed E-state index contributed by atoms with van der Waals surface area (Å²) >= 11 is 0. The van der Waals surface area contributed by atoms with Crippen molar-refractivity contribution in [2.45, 2.75) is 45.7 Å². The van der Waals surface area contributed by atoms with Gasteiger partial charge >= 0.3 is 5.97 Å². The molecule has 84 valence electrons. The van der Waals surface area contributed by atoms with Gasteiger partial charge in [-0.25, -0.2) is 0 Å². The number of hydrogen-bond donors (Lipinski definition) is 2. The van der Waals surface area contributed by atoms with Crippen molar-refractivity contribution in [2.24, 2.45) is 0 Å². The van der Waals surface area contributed by atoms with Gasteiger partial charge in [-0.05, 0) is 19.8 Å². The second-order valence-corrected chi connectivity index (χ2v) is 3.17. The summed E-state index contributed by atoms with van der Waals surface area (Å²) in [5.74, 6) is -0.234. The highest BCUT2D eigenvalue weighted by atomic mass is 16.5. The van der Waals surface area contributed by atoms with Crippen molar-refractivity contribution in [1.29, 1.82) is 0 Å². The Hall–Kier alpha value is -0.610. The molecular weight excluding hydrogens is 182 g/mol. The lowest BCUT2D eigenvalue weighted by Crippen LogP contribution is -2.45. The molecule has 0 aromatic rings. The number of ether oxygens (including phenoxy) is 1. The first-order valence-electron chi connectivity index (χ1n) is 5.23. The first-order chi connectivity index (χ1) is 6.69. The van der Waals surface area contributed by atoms with Crippen molar-refractivity contribution < 1.29 is 14.6 Å². The van der Waals surface area contributed by atoms with E-state index in [1.165, 1.54) is 0 Å². The monoisotopic (exact) mass is 203 g/mol. The van der Waals surface area contributed by atoms with Gasteiger partial charge in [0.2, 0.25) is 0 Å². The Bertz CT molecular complexity index is 157. The van der Waals surface area contributed by atoms with Crippen LogP contribution in [0, 0.1) is 0 Å². The molecule has 0 bridgehead atoms. The fourth-order valence-corrected chi connectivity index (χ4v) is 1.18. The number of aliphatic hydroxyl groups excluding tert-OH is 1. The summed E-state index contributed by atoms with van der Waals surface area (Å²) in [4.78, 5) is 11.4. The van der Waals surface area contributed by atoms with E-state index in [9.17, 15) is 4.79 Å². The van der Waals surface area contributed by atoms with E-state index >= 15 is 0 Å². The van der Waals surface area contributed by atoms with Crippen LogP contribution in [0.4, 0.5) is 0 Å². The van der Waals surface area contributed by atoms with Crippen LogP contribution in [-0.2, 0) is 9.53 Å². The molecule has 0 aromatic heterocycles. The van der Waals surface area contributed by atoms with E-state index in [4.69, 9.17) is 9.84 Å². The maximum atomic E-state index is 11.4. The molecule has 0 rings (SSSR count). The standard InChI is InChI=1S/C10H21NO3/c1-4-8(7-12)11-9(5-2)10(13)14-6-3/h8-9,11-12H,4-7H2,1-3H3. The summed E-state index contributed by atoms with van der Waals surface area (Å²) in [6.07, 6.45) is 1.47. The molecule has 0 fully saturated rings. The van der Waals surface area contributed by atoms with Crippen LogP contribution in [-0.4, -0.2) is 36.4 Å². The average Bonchev–Trinajstić information content (AvgIpc) is 2.20. The number of esters is 1.